The topological polar surface area (TPSA) is 87.1 Å². The molecule has 31 heavy (non-hydrogen) atoms. The molecule has 8 heteroatoms. The van der Waals surface area contributed by atoms with Crippen LogP contribution in [0.1, 0.15) is 30.3 Å². The Hall–Kier alpha value is -3.26. The SMILES string of the molecule is COc1ccc([C@@H]2CCC[NH+]2Cc2nc3cc(OC)c(OC)cc3c(=O)[nH]2)c(OC)c1. The van der Waals surface area contributed by atoms with E-state index in [2.05, 4.69) is 11.1 Å². The van der Waals surface area contributed by atoms with E-state index in [0.29, 0.717) is 34.8 Å². The number of ether oxygens (including phenoxy) is 4. The van der Waals surface area contributed by atoms with Crippen LogP contribution in [-0.2, 0) is 6.54 Å². The van der Waals surface area contributed by atoms with Gasteiger partial charge < -0.3 is 28.8 Å². The lowest BCUT2D eigenvalue weighted by molar-refractivity contribution is -0.932. The largest absolute Gasteiger partial charge is 0.497 e. The second kappa shape index (κ2) is 8.85. The van der Waals surface area contributed by atoms with Crippen LogP contribution in [0.4, 0.5) is 0 Å². The highest BCUT2D eigenvalue weighted by Gasteiger charge is 2.33. The molecule has 0 amide bonds. The summed E-state index contributed by atoms with van der Waals surface area (Å²) in [6, 6.07) is 9.62. The highest BCUT2D eigenvalue weighted by molar-refractivity contribution is 5.81. The van der Waals surface area contributed by atoms with Crippen molar-refractivity contribution in [2.24, 2.45) is 0 Å². The second-order valence-electron chi connectivity index (χ2n) is 7.62. The maximum atomic E-state index is 12.7. The predicted octanol–water partition coefficient (Wildman–Crippen LogP) is 1.88. The van der Waals surface area contributed by atoms with Gasteiger partial charge in [-0.3, -0.25) is 4.79 Å². The van der Waals surface area contributed by atoms with Crippen molar-refractivity contribution in [3.8, 4) is 23.0 Å². The minimum absolute atomic E-state index is 0.182. The zero-order valence-electron chi connectivity index (χ0n) is 18.3. The van der Waals surface area contributed by atoms with Gasteiger partial charge in [-0.15, -0.1) is 0 Å². The molecule has 0 saturated carbocycles. The minimum atomic E-state index is -0.182. The average Bonchev–Trinajstić information content (AvgIpc) is 3.25. The predicted molar refractivity (Wildman–Crippen MR) is 117 cm³/mol. The van der Waals surface area contributed by atoms with Crippen LogP contribution in [0.2, 0.25) is 0 Å². The minimum Gasteiger partial charge on any atom is -0.497 e. The lowest BCUT2D eigenvalue weighted by atomic mass is 10.0. The Kier molecular flexibility index (Phi) is 5.99. The molecule has 1 aliphatic rings. The Morgan fingerprint density at radius 3 is 2.45 bits per heavy atom. The molecule has 4 rings (SSSR count). The second-order valence-corrected chi connectivity index (χ2v) is 7.62. The van der Waals surface area contributed by atoms with E-state index in [0.717, 1.165) is 36.4 Å². The molecule has 0 spiro atoms. The van der Waals surface area contributed by atoms with Gasteiger partial charge in [0.1, 0.15) is 24.1 Å². The summed E-state index contributed by atoms with van der Waals surface area (Å²) < 4.78 is 21.6. The molecule has 8 nitrogen and oxygen atoms in total. The van der Waals surface area contributed by atoms with E-state index >= 15 is 0 Å². The summed E-state index contributed by atoms with van der Waals surface area (Å²) in [4.78, 5) is 21.7. The van der Waals surface area contributed by atoms with Gasteiger partial charge in [-0.25, -0.2) is 4.98 Å². The van der Waals surface area contributed by atoms with E-state index in [1.54, 1.807) is 40.6 Å². The smallest absolute Gasteiger partial charge is 0.259 e. The molecule has 1 aromatic heterocycles. The molecule has 0 aliphatic carbocycles. The quantitative estimate of drug-likeness (QED) is 0.600. The van der Waals surface area contributed by atoms with E-state index < -0.39 is 0 Å². The van der Waals surface area contributed by atoms with Crippen LogP contribution in [0.3, 0.4) is 0 Å². The summed E-state index contributed by atoms with van der Waals surface area (Å²) in [5, 5.41) is 0.478. The van der Waals surface area contributed by atoms with E-state index in [9.17, 15) is 4.79 Å². The number of hydrogen-bond donors (Lipinski definition) is 2. The first-order valence-corrected chi connectivity index (χ1v) is 10.3. The van der Waals surface area contributed by atoms with Crippen molar-refractivity contribution in [3.63, 3.8) is 0 Å². The van der Waals surface area contributed by atoms with E-state index in [1.807, 2.05) is 12.1 Å². The first kappa shape index (κ1) is 21.0. The first-order chi connectivity index (χ1) is 15.1. The summed E-state index contributed by atoms with van der Waals surface area (Å²) in [5.41, 5.74) is 1.55. The van der Waals surface area contributed by atoms with Gasteiger partial charge in [-0.1, -0.05) is 0 Å². The number of benzene rings is 2. The molecular weight excluding hydrogens is 398 g/mol. The number of aromatic nitrogens is 2. The van der Waals surface area contributed by atoms with Gasteiger partial charge in [-0.2, -0.15) is 0 Å². The maximum Gasteiger partial charge on any atom is 0.259 e. The van der Waals surface area contributed by atoms with Gasteiger partial charge in [0.2, 0.25) is 0 Å². The number of rotatable bonds is 7. The molecule has 1 saturated heterocycles. The van der Waals surface area contributed by atoms with Crippen LogP contribution >= 0.6 is 0 Å². The van der Waals surface area contributed by atoms with Crippen molar-refractivity contribution in [1.82, 2.24) is 9.97 Å². The molecule has 1 fully saturated rings. The van der Waals surface area contributed by atoms with Gasteiger partial charge in [0.25, 0.3) is 5.56 Å². The van der Waals surface area contributed by atoms with Gasteiger partial charge in [-0.05, 0) is 18.2 Å². The molecule has 0 bridgehead atoms. The van der Waals surface area contributed by atoms with E-state index in [1.165, 1.54) is 4.90 Å². The van der Waals surface area contributed by atoms with Crippen LogP contribution in [-0.4, -0.2) is 45.0 Å². The van der Waals surface area contributed by atoms with Crippen molar-refractivity contribution in [2.75, 3.05) is 35.0 Å². The van der Waals surface area contributed by atoms with E-state index in [4.69, 9.17) is 23.9 Å². The number of hydrogen-bond acceptors (Lipinski definition) is 6. The van der Waals surface area contributed by atoms with Crippen LogP contribution in [0.25, 0.3) is 10.9 Å². The number of aromatic amines is 1. The molecule has 2 N–H and O–H groups in total. The van der Waals surface area contributed by atoms with Crippen molar-refractivity contribution < 1.29 is 23.8 Å². The van der Waals surface area contributed by atoms with Crippen LogP contribution < -0.4 is 29.4 Å². The maximum absolute atomic E-state index is 12.7. The average molecular weight is 426 g/mol. The standard InChI is InChI=1S/C23H27N3O5/c1-28-14-7-8-15(19(10-14)29-2)18-6-5-9-26(18)13-22-24-17-12-21(31-4)20(30-3)11-16(17)23(27)25-22/h7-8,10-12,18H,5-6,9,13H2,1-4H3,(H,24,25,27)/p+1/t18-/m0/s1. The zero-order valence-corrected chi connectivity index (χ0v) is 18.3. The Morgan fingerprint density at radius 2 is 1.74 bits per heavy atom. The third-order valence-electron chi connectivity index (χ3n) is 5.95. The molecular formula is C23H28N3O5+. The van der Waals surface area contributed by atoms with Crippen LogP contribution in [0.5, 0.6) is 23.0 Å². The summed E-state index contributed by atoms with van der Waals surface area (Å²) in [5.74, 6) is 3.30. The van der Waals surface area contributed by atoms with Crippen molar-refractivity contribution in [2.45, 2.75) is 25.4 Å². The number of H-pyrrole nitrogens is 1. The highest BCUT2D eigenvalue weighted by Crippen LogP contribution is 2.32. The van der Waals surface area contributed by atoms with Crippen molar-refractivity contribution in [3.05, 3.63) is 52.1 Å². The number of likely N-dealkylation sites (tertiary alicyclic amines) is 1. The summed E-state index contributed by atoms with van der Waals surface area (Å²) in [6.07, 6.45) is 2.14. The molecule has 2 heterocycles. The normalized spacial score (nSPS) is 18.2. The monoisotopic (exact) mass is 426 g/mol. The third-order valence-corrected chi connectivity index (χ3v) is 5.95. The number of nitrogens with one attached hydrogen (secondary N) is 2. The van der Waals surface area contributed by atoms with Gasteiger partial charge >= 0.3 is 0 Å². The fraction of sp³-hybridized carbons (Fsp3) is 0.391. The third kappa shape index (κ3) is 4.03. The number of methoxy groups -OCH3 is 4. The summed E-state index contributed by atoms with van der Waals surface area (Å²) >= 11 is 0. The fourth-order valence-electron chi connectivity index (χ4n) is 4.42. The summed E-state index contributed by atoms with van der Waals surface area (Å²) in [6.45, 7) is 1.60. The van der Waals surface area contributed by atoms with Crippen LogP contribution in [0.15, 0.2) is 35.1 Å². The summed E-state index contributed by atoms with van der Waals surface area (Å²) in [7, 11) is 6.44. The number of fused-ring (bicyclic) bond motifs is 1. The van der Waals surface area contributed by atoms with Crippen molar-refractivity contribution >= 4 is 10.9 Å². The molecule has 0 radical (unpaired) electrons. The van der Waals surface area contributed by atoms with Crippen LogP contribution in [0, 0.1) is 0 Å². The Labute approximate surface area is 180 Å². The lowest BCUT2D eigenvalue weighted by Crippen LogP contribution is -3.09. The molecule has 1 aliphatic heterocycles. The van der Waals surface area contributed by atoms with E-state index in [-0.39, 0.29) is 11.6 Å². The van der Waals surface area contributed by atoms with Gasteiger partial charge in [0.05, 0.1) is 51.5 Å². The first-order valence-electron chi connectivity index (χ1n) is 10.3. The Morgan fingerprint density at radius 1 is 1.00 bits per heavy atom. The van der Waals surface area contributed by atoms with Gasteiger partial charge in [0.15, 0.2) is 17.3 Å². The fourth-order valence-corrected chi connectivity index (χ4v) is 4.42. The Bertz CT molecular complexity index is 1140. The molecule has 164 valence electrons. The number of nitrogens with zero attached hydrogens (tertiary/aromatic N) is 1. The highest BCUT2D eigenvalue weighted by atomic mass is 16.5. The number of quaternary nitrogens is 1. The van der Waals surface area contributed by atoms with Gasteiger partial charge in [0, 0.05) is 25.0 Å². The Balaban J connectivity index is 1.66. The molecule has 1 unspecified atom stereocenters. The lowest BCUT2D eigenvalue weighted by Gasteiger charge is -2.23. The molecule has 3 aromatic rings. The van der Waals surface area contributed by atoms with Crippen molar-refractivity contribution in [1.29, 1.82) is 0 Å². The zero-order chi connectivity index (χ0) is 22.0. The molecule has 2 atom stereocenters. The molecule has 2 aromatic carbocycles.